The average molecular weight is 231 g/mol. The van der Waals surface area contributed by atoms with Gasteiger partial charge in [0.1, 0.15) is 0 Å². The molecular weight excluding hydrogens is 220 g/mol. The molecule has 0 amide bonds. The average Bonchev–Trinajstić information content (AvgIpc) is 2.17. The molecule has 0 unspecified atom stereocenters. The monoisotopic (exact) mass is 231 g/mol. The fourth-order valence-corrected chi connectivity index (χ4v) is 1.29. The summed E-state index contributed by atoms with van der Waals surface area (Å²) >= 11 is 0. The zero-order valence-electron chi connectivity index (χ0n) is 8.63. The number of carbonyl (C=O) groups excluding carboxylic acids is 1. The molecule has 0 saturated carbocycles. The summed E-state index contributed by atoms with van der Waals surface area (Å²) in [4.78, 5) is 24.4. The number of aromatic nitrogens is 1. The number of halogens is 2. The standard InChI is InChI=1S/C10H11F2NO3/c1-2-16-7(14)5-6-3-4-13-10(15)8(6)9(11)12/h3-4,9H,2,5H2,1H3,(H,13,15). The third-order valence-electron chi connectivity index (χ3n) is 1.95. The van der Waals surface area contributed by atoms with Crippen LogP contribution in [0.3, 0.4) is 0 Å². The second-order valence-corrected chi connectivity index (χ2v) is 3.03. The predicted octanol–water partition coefficient (Wildman–Crippen LogP) is 1.42. The number of rotatable bonds is 4. The molecule has 0 saturated heterocycles. The minimum atomic E-state index is -2.91. The van der Waals surface area contributed by atoms with Crippen LogP contribution in [0.4, 0.5) is 8.78 Å². The Morgan fingerprint density at radius 3 is 2.81 bits per heavy atom. The van der Waals surface area contributed by atoms with Crippen LogP contribution in [0.1, 0.15) is 24.5 Å². The summed E-state index contributed by atoms with van der Waals surface area (Å²) in [6, 6.07) is 1.28. The molecule has 0 aliphatic rings. The summed E-state index contributed by atoms with van der Waals surface area (Å²) in [5, 5.41) is 0. The van der Waals surface area contributed by atoms with E-state index in [0.717, 1.165) is 0 Å². The van der Waals surface area contributed by atoms with Gasteiger partial charge in [-0.05, 0) is 18.6 Å². The molecule has 1 rings (SSSR count). The van der Waals surface area contributed by atoms with Crippen molar-refractivity contribution in [2.75, 3.05) is 6.61 Å². The Morgan fingerprint density at radius 1 is 1.56 bits per heavy atom. The molecule has 1 heterocycles. The number of pyridine rings is 1. The molecule has 4 nitrogen and oxygen atoms in total. The number of carbonyl (C=O) groups is 1. The quantitative estimate of drug-likeness (QED) is 0.797. The van der Waals surface area contributed by atoms with E-state index in [9.17, 15) is 18.4 Å². The zero-order valence-corrected chi connectivity index (χ0v) is 8.63. The van der Waals surface area contributed by atoms with E-state index in [1.165, 1.54) is 12.3 Å². The second-order valence-electron chi connectivity index (χ2n) is 3.03. The Hall–Kier alpha value is -1.72. The maximum absolute atomic E-state index is 12.6. The number of hydrogen-bond acceptors (Lipinski definition) is 3. The molecule has 88 valence electrons. The first-order chi connectivity index (χ1) is 7.56. The topological polar surface area (TPSA) is 59.2 Å². The zero-order chi connectivity index (χ0) is 12.1. The fraction of sp³-hybridized carbons (Fsp3) is 0.400. The van der Waals surface area contributed by atoms with Gasteiger partial charge in [0, 0.05) is 6.20 Å². The minimum absolute atomic E-state index is 0.00259. The van der Waals surface area contributed by atoms with Crippen LogP contribution in [0.25, 0.3) is 0 Å². The molecule has 0 radical (unpaired) electrons. The van der Waals surface area contributed by atoms with Crippen molar-refractivity contribution in [3.8, 4) is 0 Å². The molecule has 0 spiro atoms. The van der Waals surface area contributed by atoms with E-state index < -0.39 is 23.5 Å². The van der Waals surface area contributed by atoms with Gasteiger partial charge >= 0.3 is 5.97 Å². The van der Waals surface area contributed by atoms with Gasteiger partial charge in [-0.2, -0.15) is 0 Å². The maximum atomic E-state index is 12.6. The van der Waals surface area contributed by atoms with E-state index in [1.807, 2.05) is 0 Å². The number of H-pyrrole nitrogens is 1. The molecule has 16 heavy (non-hydrogen) atoms. The van der Waals surface area contributed by atoms with Crippen molar-refractivity contribution >= 4 is 5.97 Å². The van der Waals surface area contributed by atoms with E-state index in [-0.39, 0.29) is 18.6 Å². The van der Waals surface area contributed by atoms with E-state index >= 15 is 0 Å². The highest BCUT2D eigenvalue weighted by Crippen LogP contribution is 2.19. The van der Waals surface area contributed by atoms with E-state index in [1.54, 1.807) is 6.92 Å². The van der Waals surface area contributed by atoms with Gasteiger partial charge in [0.2, 0.25) is 0 Å². The molecule has 0 atom stereocenters. The Kier molecular flexibility index (Phi) is 4.16. The first-order valence-electron chi connectivity index (χ1n) is 4.70. The highest BCUT2D eigenvalue weighted by molar-refractivity contribution is 5.72. The van der Waals surface area contributed by atoms with Crippen molar-refractivity contribution in [2.24, 2.45) is 0 Å². The van der Waals surface area contributed by atoms with Crippen LogP contribution >= 0.6 is 0 Å². The SMILES string of the molecule is CCOC(=O)Cc1cc[nH]c(=O)c1C(F)F. The Bertz CT molecular complexity index is 428. The lowest BCUT2D eigenvalue weighted by Gasteiger charge is -2.06. The van der Waals surface area contributed by atoms with Gasteiger partial charge in [-0.1, -0.05) is 0 Å². The number of ether oxygens (including phenoxy) is 1. The summed E-state index contributed by atoms with van der Waals surface area (Å²) in [7, 11) is 0. The molecule has 0 aromatic carbocycles. The maximum Gasteiger partial charge on any atom is 0.310 e. The summed E-state index contributed by atoms with van der Waals surface area (Å²) in [5.41, 5.74) is -1.55. The van der Waals surface area contributed by atoms with Gasteiger partial charge in [0.05, 0.1) is 18.6 Å². The van der Waals surface area contributed by atoms with Crippen LogP contribution in [0, 0.1) is 0 Å². The van der Waals surface area contributed by atoms with Crippen molar-refractivity contribution in [1.82, 2.24) is 4.98 Å². The fourth-order valence-electron chi connectivity index (χ4n) is 1.29. The van der Waals surface area contributed by atoms with Crippen LogP contribution in [0.15, 0.2) is 17.1 Å². The largest absolute Gasteiger partial charge is 0.466 e. The van der Waals surface area contributed by atoms with Crippen LogP contribution < -0.4 is 5.56 Å². The van der Waals surface area contributed by atoms with Crippen LogP contribution in [-0.4, -0.2) is 17.6 Å². The first-order valence-corrected chi connectivity index (χ1v) is 4.70. The molecule has 1 N–H and O–H groups in total. The van der Waals surface area contributed by atoms with Crippen molar-refractivity contribution in [3.63, 3.8) is 0 Å². The Balaban J connectivity index is 3.00. The van der Waals surface area contributed by atoms with E-state index in [0.29, 0.717) is 0 Å². The second kappa shape index (κ2) is 5.39. The summed E-state index contributed by atoms with van der Waals surface area (Å²) in [6.07, 6.45) is -2.01. The molecule has 1 aromatic heterocycles. The third kappa shape index (κ3) is 2.88. The number of alkyl halides is 2. The predicted molar refractivity (Wildman–Crippen MR) is 52.4 cm³/mol. The molecule has 6 heteroatoms. The highest BCUT2D eigenvalue weighted by Gasteiger charge is 2.19. The van der Waals surface area contributed by atoms with Gasteiger partial charge in [-0.25, -0.2) is 8.78 Å². The highest BCUT2D eigenvalue weighted by atomic mass is 19.3. The van der Waals surface area contributed by atoms with Crippen LogP contribution in [0.5, 0.6) is 0 Å². The number of aromatic amines is 1. The van der Waals surface area contributed by atoms with Gasteiger partial charge in [0.15, 0.2) is 0 Å². The lowest BCUT2D eigenvalue weighted by Crippen LogP contribution is -2.18. The van der Waals surface area contributed by atoms with Crippen molar-refractivity contribution in [3.05, 3.63) is 33.7 Å². The van der Waals surface area contributed by atoms with Crippen molar-refractivity contribution in [2.45, 2.75) is 19.8 Å². The minimum Gasteiger partial charge on any atom is -0.466 e. The van der Waals surface area contributed by atoms with Crippen LogP contribution in [0.2, 0.25) is 0 Å². The Morgan fingerprint density at radius 2 is 2.25 bits per heavy atom. The molecule has 0 aliphatic heterocycles. The Labute approximate surface area is 90.2 Å². The molecule has 0 fully saturated rings. The van der Waals surface area contributed by atoms with Gasteiger partial charge < -0.3 is 9.72 Å². The summed E-state index contributed by atoms with van der Waals surface area (Å²) in [5.74, 6) is -0.630. The van der Waals surface area contributed by atoms with Gasteiger partial charge in [-0.15, -0.1) is 0 Å². The third-order valence-corrected chi connectivity index (χ3v) is 1.95. The van der Waals surface area contributed by atoms with Crippen molar-refractivity contribution < 1.29 is 18.3 Å². The summed E-state index contributed by atoms with van der Waals surface area (Å²) in [6.45, 7) is 1.79. The number of hydrogen-bond donors (Lipinski definition) is 1. The van der Waals surface area contributed by atoms with Crippen molar-refractivity contribution in [1.29, 1.82) is 0 Å². The number of esters is 1. The first kappa shape index (κ1) is 12.4. The molecular formula is C10H11F2NO3. The lowest BCUT2D eigenvalue weighted by atomic mass is 10.1. The van der Waals surface area contributed by atoms with Gasteiger partial charge in [-0.3, -0.25) is 9.59 Å². The number of nitrogens with one attached hydrogen (secondary N) is 1. The van der Waals surface area contributed by atoms with E-state index in [2.05, 4.69) is 9.72 Å². The molecule has 1 aromatic rings. The van der Waals surface area contributed by atoms with Crippen LogP contribution in [-0.2, 0) is 16.0 Å². The lowest BCUT2D eigenvalue weighted by molar-refractivity contribution is -0.142. The van der Waals surface area contributed by atoms with Gasteiger partial charge in [0.25, 0.3) is 12.0 Å². The smallest absolute Gasteiger partial charge is 0.310 e. The van der Waals surface area contributed by atoms with E-state index in [4.69, 9.17) is 0 Å². The molecule has 0 aliphatic carbocycles. The normalized spacial score (nSPS) is 10.5. The summed E-state index contributed by atoms with van der Waals surface area (Å²) < 4.78 is 29.7. The molecule has 0 bridgehead atoms.